The molecule has 0 spiro atoms. The highest BCUT2D eigenvalue weighted by Gasteiger charge is 2.27. The van der Waals surface area contributed by atoms with Gasteiger partial charge in [-0.2, -0.15) is 0 Å². The Morgan fingerprint density at radius 2 is 2.17 bits per heavy atom. The maximum Gasteiger partial charge on any atom is 0.229 e. The summed E-state index contributed by atoms with van der Waals surface area (Å²) in [4.78, 5) is 15.1. The number of piperidine rings is 1. The summed E-state index contributed by atoms with van der Waals surface area (Å²) in [5, 5.41) is 12.6. The van der Waals surface area contributed by atoms with E-state index in [2.05, 4.69) is 31.0 Å². The number of amides is 1. The first kappa shape index (κ1) is 19.7. The Balaban J connectivity index is 1.47. The number of benzene rings is 1. The van der Waals surface area contributed by atoms with Gasteiger partial charge in [-0.05, 0) is 43.2 Å². The Bertz CT molecular complexity index is 988. The van der Waals surface area contributed by atoms with Crippen molar-refractivity contribution in [1.29, 1.82) is 0 Å². The largest absolute Gasteiger partial charge is 0.383 e. The number of halogens is 1. The number of aromatic nitrogens is 3. The van der Waals surface area contributed by atoms with Crippen LogP contribution in [0.5, 0.6) is 0 Å². The first-order valence-electron chi connectivity index (χ1n) is 9.77. The monoisotopic (exact) mass is 413 g/mol. The summed E-state index contributed by atoms with van der Waals surface area (Å²) in [6, 6.07) is 11.6. The Morgan fingerprint density at radius 3 is 2.97 bits per heavy atom. The fourth-order valence-electron chi connectivity index (χ4n) is 3.83. The fourth-order valence-corrected chi connectivity index (χ4v) is 3.93. The van der Waals surface area contributed by atoms with Gasteiger partial charge in [0.05, 0.1) is 23.7 Å². The second-order valence-electron chi connectivity index (χ2n) is 7.23. The number of anilines is 2. The standard InChI is InChI=1S/C21H24ClN5O2/c1-29-13-12-26-11-9-16-17(5-2-6-18(16)26)23-21(28)15-4-3-10-27(14-15)20-8-7-19(22)24-25-20/h2,5-9,11,15H,3-4,10,12-14H2,1H3,(H,23,28). The van der Waals surface area contributed by atoms with Crippen molar-refractivity contribution in [2.45, 2.75) is 19.4 Å². The molecule has 1 amide bonds. The van der Waals surface area contributed by atoms with Crippen LogP contribution in [0.25, 0.3) is 10.9 Å². The minimum atomic E-state index is -0.105. The topological polar surface area (TPSA) is 72.3 Å². The van der Waals surface area contributed by atoms with E-state index >= 15 is 0 Å². The summed E-state index contributed by atoms with van der Waals surface area (Å²) in [7, 11) is 1.69. The molecule has 0 aliphatic carbocycles. The van der Waals surface area contributed by atoms with Gasteiger partial charge < -0.3 is 19.5 Å². The first-order valence-corrected chi connectivity index (χ1v) is 10.2. The molecule has 1 saturated heterocycles. The van der Waals surface area contributed by atoms with E-state index in [0.717, 1.165) is 48.3 Å². The average Bonchev–Trinajstić information content (AvgIpc) is 3.17. The number of hydrogen-bond acceptors (Lipinski definition) is 5. The zero-order valence-electron chi connectivity index (χ0n) is 16.3. The molecule has 0 radical (unpaired) electrons. The summed E-state index contributed by atoms with van der Waals surface area (Å²) in [6.07, 6.45) is 3.81. The number of ether oxygens (including phenoxy) is 1. The van der Waals surface area contributed by atoms with Crippen molar-refractivity contribution >= 4 is 39.9 Å². The van der Waals surface area contributed by atoms with Crippen LogP contribution < -0.4 is 10.2 Å². The van der Waals surface area contributed by atoms with Crippen LogP contribution in [0.4, 0.5) is 11.5 Å². The fraction of sp³-hybridized carbons (Fsp3) is 0.381. The van der Waals surface area contributed by atoms with Crippen LogP contribution in [0, 0.1) is 5.92 Å². The number of hydrogen-bond donors (Lipinski definition) is 1. The third-order valence-electron chi connectivity index (χ3n) is 5.34. The highest BCUT2D eigenvalue weighted by Crippen LogP contribution is 2.27. The minimum Gasteiger partial charge on any atom is -0.383 e. The molecule has 0 bridgehead atoms. The van der Waals surface area contributed by atoms with Crippen molar-refractivity contribution in [3.8, 4) is 0 Å². The lowest BCUT2D eigenvalue weighted by Gasteiger charge is -2.32. The van der Waals surface area contributed by atoms with Crippen LogP contribution in [0.1, 0.15) is 12.8 Å². The molecule has 1 N–H and O–H groups in total. The Kier molecular flexibility index (Phi) is 5.97. The van der Waals surface area contributed by atoms with Crippen molar-refractivity contribution in [1.82, 2.24) is 14.8 Å². The molecule has 29 heavy (non-hydrogen) atoms. The number of nitrogens with one attached hydrogen (secondary N) is 1. The van der Waals surface area contributed by atoms with E-state index in [9.17, 15) is 4.79 Å². The second-order valence-corrected chi connectivity index (χ2v) is 7.62. The molecular weight excluding hydrogens is 390 g/mol. The molecule has 0 saturated carbocycles. The lowest BCUT2D eigenvalue weighted by molar-refractivity contribution is -0.120. The molecule has 1 aliphatic heterocycles. The molecule has 1 aromatic carbocycles. The second kappa shape index (κ2) is 8.80. The number of fused-ring (bicyclic) bond motifs is 1. The summed E-state index contributed by atoms with van der Waals surface area (Å²) in [5.74, 6) is 0.685. The Labute approximate surface area is 174 Å². The molecule has 152 valence electrons. The van der Waals surface area contributed by atoms with E-state index in [-0.39, 0.29) is 11.8 Å². The van der Waals surface area contributed by atoms with Gasteiger partial charge in [0.25, 0.3) is 0 Å². The maximum atomic E-state index is 13.0. The zero-order valence-corrected chi connectivity index (χ0v) is 17.1. The first-order chi connectivity index (χ1) is 14.2. The predicted molar refractivity (Wildman–Crippen MR) is 114 cm³/mol. The van der Waals surface area contributed by atoms with Crippen molar-refractivity contribution in [2.24, 2.45) is 5.92 Å². The van der Waals surface area contributed by atoms with Crippen molar-refractivity contribution < 1.29 is 9.53 Å². The van der Waals surface area contributed by atoms with Gasteiger partial charge in [0, 0.05) is 38.3 Å². The van der Waals surface area contributed by atoms with Crippen LogP contribution in [0.15, 0.2) is 42.6 Å². The van der Waals surface area contributed by atoms with Crippen LogP contribution in [-0.2, 0) is 16.1 Å². The van der Waals surface area contributed by atoms with E-state index in [1.165, 1.54) is 0 Å². The number of nitrogens with zero attached hydrogens (tertiary/aromatic N) is 4. The minimum absolute atomic E-state index is 0.0359. The van der Waals surface area contributed by atoms with E-state index in [1.54, 1.807) is 13.2 Å². The van der Waals surface area contributed by atoms with Gasteiger partial charge in [0.1, 0.15) is 0 Å². The van der Waals surface area contributed by atoms with Crippen LogP contribution in [-0.4, -0.2) is 47.5 Å². The molecule has 1 fully saturated rings. The summed E-state index contributed by atoms with van der Waals surface area (Å²) in [6.45, 7) is 2.90. The SMILES string of the molecule is COCCn1ccc2c(NC(=O)C3CCCN(c4ccc(Cl)nn4)C3)cccc21. The van der Waals surface area contributed by atoms with Crippen LogP contribution in [0.3, 0.4) is 0 Å². The molecule has 1 aliphatic rings. The Hall–Kier alpha value is -2.64. The molecule has 2 aromatic heterocycles. The van der Waals surface area contributed by atoms with Crippen molar-refractivity contribution in [3.63, 3.8) is 0 Å². The third kappa shape index (κ3) is 4.36. The molecule has 3 heterocycles. The predicted octanol–water partition coefficient (Wildman–Crippen LogP) is 3.59. The molecule has 8 heteroatoms. The highest BCUT2D eigenvalue weighted by atomic mass is 35.5. The lowest BCUT2D eigenvalue weighted by Crippen LogP contribution is -2.41. The number of rotatable bonds is 6. The van der Waals surface area contributed by atoms with Crippen LogP contribution >= 0.6 is 11.6 Å². The Morgan fingerprint density at radius 1 is 1.28 bits per heavy atom. The molecule has 4 rings (SSSR count). The van der Waals surface area contributed by atoms with Gasteiger partial charge in [-0.3, -0.25) is 4.79 Å². The van der Waals surface area contributed by atoms with Crippen LogP contribution in [0.2, 0.25) is 5.15 Å². The van der Waals surface area contributed by atoms with E-state index in [1.807, 2.05) is 30.5 Å². The summed E-state index contributed by atoms with van der Waals surface area (Å²) in [5.41, 5.74) is 1.92. The van der Waals surface area contributed by atoms with Crippen molar-refractivity contribution in [2.75, 3.05) is 37.0 Å². The molecule has 1 unspecified atom stereocenters. The zero-order chi connectivity index (χ0) is 20.2. The summed E-state index contributed by atoms with van der Waals surface area (Å²) < 4.78 is 7.31. The molecule has 7 nitrogen and oxygen atoms in total. The number of carbonyl (C=O) groups is 1. The van der Waals surface area contributed by atoms with Crippen molar-refractivity contribution in [3.05, 3.63) is 47.7 Å². The smallest absolute Gasteiger partial charge is 0.229 e. The average molecular weight is 414 g/mol. The summed E-state index contributed by atoms with van der Waals surface area (Å²) >= 11 is 5.83. The van der Waals surface area contributed by atoms with E-state index in [0.29, 0.717) is 18.3 Å². The van der Waals surface area contributed by atoms with E-state index < -0.39 is 0 Å². The molecule has 1 atom stereocenters. The van der Waals surface area contributed by atoms with Gasteiger partial charge in [-0.1, -0.05) is 17.7 Å². The lowest BCUT2D eigenvalue weighted by atomic mass is 9.97. The van der Waals surface area contributed by atoms with Gasteiger partial charge in [-0.25, -0.2) is 0 Å². The maximum absolute atomic E-state index is 13.0. The normalized spacial score (nSPS) is 16.9. The quantitative estimate of drug-likeness (QED) is 0.668. The van der Waals surface area contributed by atoms with E-state index in [4.69, 9.17) is 16.3 Å². The van der Waals surface area contributed by atoms with Gasteiger partial charge in [0.2, 0.25) is 5.91 Å². The molecular formula is C21H24ClN5O2. The molecule has 3 aromatic rings. The van der Waals surface area contributed by atoms with Gasteiger partial charge in [-0.15, -0.1) is 10.2 Å². The third-order valence-corrected chi connectivity index (χ3v) is 5.54. The highest BCUT2D eigenvalue weighted by molar-refractivity contribution is 6.29. The van der Waals surface area contributed by atoms with Gasteiger partial charge in [0.15, 0.2) is 11.0 Å². The van der Waals surface area contributed by atoms with Gasteiger partial charge >= 0.3 is 0 Å². The number of methoxy groups -OCH3 is 1. The number of carbonyl (C=O) groups excluding carboxylic acids is 1.